The zero-order chi connectivity index (χ0) is 21.0. The third-order valence-corrected chi connectivity index (χ3v) is 6.71. The van der Waals surface area contributed by atoms with Crippen molar-refractivity contribution in [2.75, 3.05) is 30.5 Å². The second-order valence-corrected chi connectivity index (χ2v) is 9.01. The van der Waals surface area contributed by atoms with Crippen LogP contribution in [0.25, 0.3) is 0 Å². The van der Waals surface area contributed by atoms with Gasteiger partial charge in [0.15, 0.2) is 0 Å². The predicted octanol–water partition coefficient (Wildman–Crippen LogP) is 3.58. The number of nitrogens with zero attached hydrogens (tertiary/aromatic N) is 2. The molecule has 8 heteroatoms. The second kappa shape index (κ2) is 8.98. The van der Waals surface area contributed by atoms with Gasteiger partial charge >= 0.3 is 0 Å². The Bertz CT molecular complexity index is 1010. The van der Waals surface area contributed by atoms with Gasteiger partial charge in [-0.1, -0.05) is 35.9 Å². The Morgan fingerprint density at radius 1 is 1.31 bits per heavy atom. The van der Waals surface area contributed by atoms with E-state index in [4.69, 9.17) is 16.3 Å². The Kier molecular flexibility index (Phi) is 6.62. The van der Waals surface area contributed by atoms with Crippen molar-refractivity contribution in [2.45, 2.75) is 17.9 Å². The minimum absolute atomic E-state index is 0.0198. The number of ether oxygens (including phenoxy) is 1. The van der Waals surface area contributed by atoms with E-state index in [0.29, 0.717) is 36.0 Å². The van der Waals surface area contributed by atoms with Crippen LogP contribution < -0.4 is 4.31 Å². The molecule has 0 saturated carbocycles. The van der Waals surface area contributed by atoms with E-state index in [1.54, 1.807) is 41.3 Å². The summed E-state index contributed by atoms with van der Waals surface area (Å²) in [5.74, 6) is -0.217. The van der Waals surface area contributed by atoms with E-state index in [1.165, 1.54) is 22.5 Å². The molecule has 0 N–H and O–H groups in total. The van der Waals surface area contributed by atoms with Crippen LogP contribution in [0.1, 0.15) is 17.3 Å². The van der Waals surface area contributed by atoms with Crippen LogP contribution in [0.3, 0.4) is 0 Å². The molecule has 1 fully saturated rings. The number of carbonyl (C=O) groups excluding carboxylic acids is 1. The van der Waals surface area contributed by atoms with E-state index >= 15 is 0 Å². The van der Waals surface area contributed by atoms with Crippen LogP contribution >= 0.6 is 11.6 Å². The lowest BCUT2D eigenvalue weighted by atomic mass is 10.2. The number of sulfonamides is 1. The van der Waals surface area contributed by atoms with Gasteiger partial charge in [-0.3, -0.25) is 9.10 Å². The standard InChI is InChI=1S/C21H23ClN2O4S/c1-3-11-24(20-10-5-4-9-19(20)22)29(26,27)18-8-6-7-17(14-18)21(25)23-12-13-28-16(2)15-23/h3-10,14,16H,1,11-13,15H2,2H3/t16-/m1/s1. The molecule has 0 radical (unpaired) electrons. The molecule has 2 aromatic carbocycles. The van der Waals surface area contributed by atoms with Crippen LogP contribution in [-0.2, 0) is 14.8 Å². The number of para-hydroxylation sites is 1. The molecule has 0 aliphatic carbocycles. The average Bonchev–Trinajstić information content (AvgIpc) is 2.72. The van der Waals surface area contributed by atoms with Crippen molar-refractivity contribution in [3.63, 3.8) is 0 Å². The van der Waals surface area contributed by atoms with Gasteiger partial charge < -0.3 is 9.64 Å². The number of morpholine rings is 1. The van der Waals surface area contributed by atoms with Crippen molar-refractivity contribution in [1.82, 2.24) is 4.90 Å². The summed E-state index contributed by atoms with van der Waals surface area (Å²) in [5.41, 5.74) is 0.672. The number of amides is 1. The molecule has 29 heavy (non-hydrogen) atoms. The molecule has 154 valence electrons. The Morgan fingerprint density at radius 3 is 2.76 bits per heavy atom. The monoisotopic (exact) mass is 434 g/mol. The SMILES string of the molecule is C=CCN(c1ccccc1Cl)S(=O)(=O)c1cccc(C(=O)N2CCO[C@H](C)C2)c1. The van der Waals surface area contributed by atoms with E-state index < -0.39 is 10.0 Å². The van der Waals surface area contributed by atoms with Gasteiger partial charge in [0.2, 0.25) is 0 Å². The van der Waals surface area contributed by atoms with Crippen molar-refractivity contribution in [3.05, 3.63) is 71.8 Å². The van der Waals surface area contributed by atoms with Crippen LogP contribution in [0.15, 0.2) is 66.1 Å². The van der Waals surface area contributed by atoms with Gasteiger partial charge in [-0.25, -0.2) is 8.42 Å². The normalized spacial score (nSPS) is 17.0. The molecular formula is C21H23ClN2O4S. The quantitative estimate of drug-likeness (QED) is 0.652. The van der Waals surface area contributed by atoms with E-state index in [-0.39, 0.29) is 23.5 Å². The maximum Gasteiger partial charge on any atom is 0.264 e. The third-order valence-electron chi connectivity index (χ3n) is 4.61. The van der Waals surface area contributed by atoms with E-state index in [1.807, 2.05) is 6.92 Å². The van der Waals surface area contributed by atoms with Crippen LogP contribution in [-0.4, -0.2) is 51.6 Å². The molecule has 1 heterocycles. The first-order chi connectivity index (χ1) is 13.8. The smallest absolute Gasteiger partial charge is 0.264 e. The molecule has 2 aromatic rings. The van der Waals surface area contributed by atoms with Gasteiger partial charge in [0.05, 0.1) is 34.9 Å². The number of benzene rings is 2. The van der Waals surface area contributed by atoms with Crippen molar-refractivity contribution in [2.24, 2.45) is 0 Å². The first kappa shape index (κ1) is 21.4. The first-order valence-electron chi connectivity index (χ1n) is 9.23. The zero-order valence-electron chi connectivity index (χ0n) is 16.1. The van der Waals surface area contributed by atoms with E-state index in [2.05, 4.69) is 6.58 Å². The van der Waals surface area contributed by atoms with Gasteiger partial charge in [0.1, 0.15) is 0 Å². The van der Waals surface area contributed by atoms with Crippen molar-refractivity contribution < 1.29 is 17.9 Å². The van der Waals surface area contributed by atoms with Crippen LogP contribution in [0.2, 0.25) is 5.02 Å². The molecule has 0 spiro atoms. The Balaban J connectivity index is 1.96. The number of rotatable bonds is 6. The summed E-state index contributed by atoms with van der Waals surface area (Å²) in [6.45, 7) is 7.01. The minimum atomic E-state index is -3.95. The second-order valence-electron chi connectivity index (χ2n) is 6.74. The topological polar surface area (TPSA) is 66.9 Å². The molecule has 0 unspecified atom stereocenters. The fourth-order valence-corrected chi connectivity index (χ4v) is 4.99. The van der Waals surface area contributed by atoms with Crippen LogP contribution in [0.5, 0.6) is 0 Å². The average molecular weight is 435 g/mol. The van der Waals surface area contributed by atoms with Crippen LogP contribution in [0, 0.1) is 0 Å². The largest absolute Gasteiger partial charge is 0.375 e. The molecule has 1 amide bonds. The summed E-state index contributed by atoms with van der Waals surface area (Å²) in [6, 6.07) is 12.8. The number of hydrogen-bond acceptors (Lipinski definition) is 4. The molecule has 3 rings (SSSR count). The van der Waals surface area contributed by atoms with Crippen molar-refractivity contribution in [3.8, 4) is 0 Å². The highest BCUT2D eigenvalue weighted by Gasteiger charge is 2.28. The van der Waals surface area contributed by atoms with Gasteiger partial charge in [-0.2, -0.15) is 0 Å². The molecule has 0 bridgehead atoms. The van der Waals surface area contributed by atoms with Crippen molar-refractivity contribution >= 4 is 33.2 Å². The summed E-state index contributed by atoms with van der Waals surface area (Å²) >= 11 is 6.23. The Labute approximate surface area is 176 Å². The summed E-state index contributed by atoms with van der Waals surface area (Å²) in [7, 11) is -3.95. The highest BCUT2D eigenvalue weighted by atomic mass is 35.5. The minimum Gasteiger partial charge on any atom is -0.375 e. The lowest BCUT2D eigenvalue weighted by Gasteiger charge is -2.31. The fourth-order valence-electron chi connectivity index (χ4n) is 3.20. The maximum absolute atomic E-state index is 13.4. The molecule has 1 atom stereocenters. The summed E-state index contributed by atoms with van der Waals surface area (Å²) in [4.78, 5) is 14.6. The molecular weight excluding hydrogens is 412 g/mol. The summed E-state index contributed by atoms with van der Waals surface area (Å²) in [5, 5.41) is 0.312. The number of carbonyl (C=O) groups is 1. The summed E-state index contributed by atoms with van der Waals surface area (Å²) in [6.07, 6.45) is 1.44. The lowest BCUT2D eigenvalue weighted by molar-refractivity contribution is -0.0124. The highest BCUT2D eigenvalue weighted by molar-refractivity contribution is 7.92. The molecule has 1 aliphatic rings. The van der Waals surface area contributed by atoms with Gasteiger partial charge in [-0.05, 0) is 37.3 Å². The van der Waals surface area contributed by atoms with Gasteiger partial charge in [0, 0.05) is 18.7 Å². The zero-order valence-corrected chi connectivity index (χ0v) is 17.7. The van der Waals surface area contributed by atoms with E-state index in [0.717, 1.165) is 0 Å². The van der Waals surface area contributed by atoms with Crippen molar-refractivity contribution in [1.29, 1.82) is 0 Å². The third kappa shape index (κ3) is 4.63. The van der Waals surface area contributed by atoms with Gasteiger partial charge in [-0.15, -0.1) is 6.58 Å². The summed E-state index contributed by atoms with van der Waals surface area (Å²) < 4.78 is 33.4. The molecule has 6 nitrogen and oxygen atoms in total. The molecule has 0 aromatic heterocycles. The maximum atomic E-state index is 13.4. The van der Waals surface area contributed by atoms with Crippen LogP contribution in [0.4, 0.5) is 5.69 Å². The number of anilines is 1. The molecule has 1 aliphatic heterocycles. The lowest BCUT2D eigenvalue weighted by Crippen LogP contribution is -2.44. The fraction of sp³-hybridized carbons (Fsp3) is 0.286. The first-order valence-corrected chi connectivity index (χ1v) is 11.1. The molecule has 1 saturated heterocycles. The Morgan fingerprint density at radius 2 is 2.07 bits per heavy atom. The number of halogens is 1. The number of hydrogen-bond donors (Lipinski definition) is 0. The highest BCUT2D eigenvalue weighted by Crippen LogP contribution is 2.30. The Hall–Kier alpha value is -2.35. The predicted molar refractivity (Wildman–Crippen MR) is 114 cm³/mol. The van der Waals surface area contributed by atoms with E-state index in [9.17, 15) is 13.2 Å². The van der Waals surface area contributed by atoms with Gasteiger partial charge in [0.25, 0.3) is 15.9 Å².